The number of anilines is 2. The van der Waals surface area contributed by atoms with Crippen LogP contribution in [0.5, 0.6) is 0 Å². The predicted molar refractivity (Wildman–Crippen MR) is 231 cm³/mol. The Balaban J connectivity index is 1.05. The molecule has 1 aliphatic rings. The van der Waals surface area contributed by atoms with Crippen LogP contribution < -0.4 is 5.32 Å². The van der Waals surface area contributed by atoms with Crippen LogP contribution in [0.15, 0.2) is 186 Å². The molecule has 55 heavy (non-hydrogen) atoms. The summed E-state index contributed by atoms with van der Waals surface area (Å²) in [5.41, 5.74) is 15.0. The molecule has 0 amide bonds. The fourth-order valence-electron chi connectivity index (χ4n) is 8.53. The summed E-state index contributed by atoms with van der Waals surface area (Å²) in [4.78, 5) is 0. The minimum Gasteiger partial charge on any atom is -0.456 e. The smallest absolute Gasteiger partial charge is 0.135 e. The minimum atomic E-state index is 0.954. The van der Waals surface area contributed by atoms with Crippen molar-refractivity contribution in [3.05, 3.63) is 193 Å². The first kappa shape index (κ1) is 31.4. The van der Waals surface area contributed by atoms with Crippen molar-refractivity contribution >= 4 is 61.0 Å². The van der Waals surface area contributed by atoms with E-state index >= 15 is 0 Å². The first-order chi connectivity index (χ1) is 27.2. The topological polar surface area (TPSA) is 30.1 Å². The number of fused-ring (bicyclic) bond motifs is 7. The molecule has 0 fully saturated rings. The summed E-state index contributed by atoms with van der Waals surface area (Å²) in [7, 11) is 0. The van der Waals surface area contributed by atoms with E-state index in [2.05, 4.69) is 198 Å². The molecule has 0 aliphatic heterocycles. The molecule has 1 aliphatic carbocycles. The third-order valence-electron chi connectivity index (χ3n) is 11.2. The zero-order valence-electron chi connectivity index (χ0n) is 30.2. The lowest BCUT2D eigenvalue weighted by molar-refractivity contribution is 0.595. The molecule has 3 heteroatoms. The molecule has 11 rings (SSSR count). The first-order valence-corrected chi connectivity index (χ1v) is 19.1. The van der Waals surface area contributed by atoms with E-state index in [0.29, 0.717) is 0 Å². The molecular formula is C52H36N2O. The average Bonchev–Trinajstić information content (AvgIpc) is 3.79. The number of allylic oxidation sites excluding steroid dienone is 1. The van der Waals surface area contributed by atoms with Gasteiger partial charge >= 0.3 is 0 Å². The van der Waals surface area contributed by atoms with Gasteiger partial charge in [0.05, 0.1) is 11.0 Å². The number of nitrogens with zero attached hydrogens (tertiary/aromatic N) is 1. The Kier molecular flexibility index (Phi) is 7.31. The molecule has 2 heterocycles. The van der Waals surface area contributed by atoms with Gasteiger partial charge in [0.2, 0.25) is 0 Å². The van der Waals surface area contributed by atoms with E-state index in [-0.39, 0.29) is 0 Å². The van der Waals surface area contributed by atoms with Crippen LogP contribution in [-0.2, 0) is 6.42 Å². The monoisotopic (exact) mass is 704 g/mol. The van der Waals surface area contributed by atoms with Gasteiger partial charge in [0.25, 0.3) is 0 Å². The number of nitrogens with one attached hydrogen (secondary N) is 1. The number of hydrogen-bond donors (Lipinski definition) is 1. The lowest BCUT2D eigenvalue weighted by atomic mass is 9.93. The van der Waals surface area contributed by atoms with E-state index in [0.717, 1.165) is 52.4 Å². The number of para-hydroxylation sites is 2. The van der Waals surface area contributed by atoms with Gasteiger partial charge in [-0.25, -0.2) is 0 Å². The van der Waals surface area contributed by atoms with Gasteiger partial charge in [-0.2, -0.15) is 0 Å². The van der Waals surface area contributed by atoms with Crippen molar-refractivity contribution in [1.29, 1.82) is 0 Å². The van der Waals surface area contributed by atoms with Gasteiger partial charge in [-0.1, -0.05) is 109 Å². The van der Waals surface area contributed by atoms with Crippen LogP contribution in [0.4, 0.5) is 11.4 Å². The van der Waals surface area contributed by atoms with Crippen molar-refractivity contribution in [3.63, 3.8) is 0 Å². The standard InChI is InChI=1S/C52H36N2O/c1-2-15-42(16-3-1)54-49-19-8-6-17-43(49)46-32-38(23-27-50(46)54)37-22-26-48(53-41-25-21-34-11-4-5-12-36(34)30-41)45(31-37)40-14-10-13-35(29-40)39-24-28-52-47(33-39)44-18-7-9-20-51(44)55-52/h1-6,8-17,19-33,53H,7,18H2. The SMILES string of the molecule is C1=Cc2oc3ccc(-c4cccc(-c5cc(-c6ccc7c(c6)c6ccccc6n7-c6ccccc6)ccc5Nc5ccc6ccccc6c5)c4)cc3c2CC1. The molecule has 10 aromatic rings. The van der Waals surface area contributed by atoms with Gasteiger partial charge in [0.1, 0.15) is 11.3 Å². The normalized spacial score (nSPS) is 12.5. The molecule has 2 aromatic heterocycles. The summed E-state index contributed by atoms with van der Waals surface area (Å²) in [6, 6.07) is 63.8. The number of aromatic nitrogens is 1. The molecule has 8 aromatic carbocycles. The van der Waals surface area contributed by atoms with Crippen LogP contribution >= 0.6 is 0 Å². The molecule has 0 radical (unpaired) electrons. The molecule has 1 N–H and O–H groups in total. The maximum absolute atomic E-state index is 6.21. The third-order valence-corrected chi connectivity index (χ3v) is 11.2. The van der Waals surface area contributed by atoms with E-state index in [1.807, 2.05) is 0 Å². The Morgan fingerprint density at radius 2 is 1.22 bits per heavy atom. The average molecular weight is 705 g/mol. The van der Waals surface area contributed by atoms with E-state index in [1.54, 1.807) is 0 Å². The van der Waals surface area contributed by atoms with Crippen LogP contribution in [0, 0.1) is 0 Å². The fourth-order valence-corrected chi connectivity index (χ4v) is 8.53. The van der Waals surface area contributed by atoms with Crippen LogP contribution in [-0.4, -0.2) is 4.57 Å². The molecule has 0 bridgehead atoms. The molecule has 0 atom stereocenters. The Bertz CT molecular complexity index is 3130. The van der Waals surface area contributed by atoms with Gasteiger partial charge in [-0.15, -0.1) is 0 Å². The van der Waals surface area contributed by atoms with Crippen molar-refractivity contribution in [2.75, 3.05) is 5.32 Å². The predicted octanol–water partition coefficient (Wildman–Crippen LogP) is 14.4. The van der Waals surface area contributed by atoms with E-state index in [1.165, 1.54) is 65.8 Å². The maximum atomic E-state index is 6.21. The molecular weight excluding hydrogens is 669 g/mol. The molecule has 260 valence electrons. The van der Waals surface area contributed by atoms with E-state index in [4.69, 9.17) is 4.42 Å². The van der Waals surface area contributed by atoms with Gasteiger partial charge in [-0.05, 0) is 130 Å². The number of rotatable bonds is 6. The van der Waals surface area contributed by atoms with Crippen molar-refractivity contribution < 1.29 is 4.42 Å². The highest BCUT2D eigenvalue weighted by molar-refractivity contribution is 6.10. The van der Waals surface area contributed by atoms with Crippen molar-refractivity contribution in [2.24, 2.45) is 0 Å². The zero-order valence-corrected chi connectivity index (χ0v) is 30.2. The fraction of sp³-hybridized carbons (Fsp3) is 0.0385. The largest absolute Gasteiger partial charge is 0.456 e. The number of furan rings is 1. The van der Waals surface area contributed by atoms with Crippen molar-refractivity contribution in [3.8, 4) is 39.1 Å². The molecule has 0 spiro atoms. The Labute approximate surface area is 319 Å². The Morgan fingerprint density at radius 3 is 2.15 bits per heavy atom. The summed E-state index contributed by atoms with van der Waals surface area (Å²) >= 11 is 0. The lowest BCUT2D eigenvalue weighted by Gasteiger charge is -2.16. The molecule has 0 saturated carbocycles. The molecule has 0 saturated heterocycles. The van der Waals surface area contributed by atoms with Crippen LogP contribution in [0.1, 0.15) is 17.7 Å². The Morgan fingerprint density at radius 1 is 0.491 bits per heavy atom. The van der Waals surface area contributed by atoms with Gasteiger partial charge in [0, 0.05) is 44.3 Å². The highest BCUT2D eigenvalue weighted by atomic mass is 16.3. The minimum absolute atomic E-state index is 0.954. The second-order valence-corrected chi connectivity index (χ2v) is 14.5. The van der Waals surface area contributed by atoms with Crippen LogP contribution in [0.2, 0.25) is 0 Å². The number of hydrogen-bond acceptors (Lipinski definition) is 2. The second kappa shape index (κ2) is 12.8. The molecule has 3 nitrogen and oxygen atoms in total. The van der Waals surface area contributed by atoms with Gasteiger partial charge < -0.3 is 14.3 Å². The van der Waals surface area contributed by atoms with Crippen molar-refractivity contribution in [2.45, 2.75) is 12.8 Å². The summed E-state index contributed by atoms with van der Waals surface area (Å²) in [6.07, 6.45) is 6.38. The van der Waals surface area contributed by atoms with Crippen LogP contribution in [0.3, 0.4) is 0 Å². The highest BCUT2D eigenvalue weighted by Crippen LogP contribution is 2.40. The van der Waals surface area contributed by atoms with E-state index in [9.17, 15) is 0 Å². The maximum Gasteiger partial charge on any atom is 0.135 e. The number of benzene rings is 8. The second-order valence-electron chi connectivity index (χ2n) is 14.5. The number of aryl methyl sites for hydroxylation is 1. The van der Waals surface area contributed by atoms with Crippen molar-refractivity contribution in [1.82, 2.24) is 4.57 Å². The summed E-state index contributed by atoms with van der Waals surface area (Å²) in [6.45, 7) is 0. The van der Waals surface area contributed by atoms with E-state index < -0.39 is 0 Å². The lowest BCUT2D eigenvalue weighted by Crippen LogP contribution is -1.95. The Hall–Kier alpha value is -7.10. The van der Waals surface area contributed by atoms with Crippen LogP contribution in [0.25, 0.3) is 88.7 Å². The third kappa shape index (κ3) is 5.43. The first-order valence-electron chi connectivity index (χ1n) is 19.1. The van der Waals surface area contributed by atoms with Gasteiger partial charge in [0.15, 0.2) is 0 Å². The molecule has 0 unspecified atom stereocenters. The quantitative estimate of drug-likeness (QED) is 0.187. The highest BCUT2D eigenvalue weighted by Gasteiger charge is 2.17. The van der Waals surface area contributed by atoms with Gasteiger partial charge in [-0.3, -0.25) is 0 Å². The summed E-state index contributed by atoms with van der Waals surface area (Å²) in [5, 5.41) is 9.95. The summed E-state index contributed by atoms with van der Waals surface area (Å²) < 4.78 is 8.58. The zero-order chi connectivity index (χ0) is 36.3. The summed E-state index contributed by atoms with van der Waals surface area (Å²) in [5.74, 6) is 0.996.